The van der Waals surface area contributed by atoms with E-state index in [4.69, 9.17) is 5.11 Å². The van der Waals surface area contributed by atoms with Gasteiger partial charge in [-0.2, -0.15) is 5.06 Å². The van der Waals surface area contributed by atoms with Gasteiger partial charge in [-0.1, -0.05) is 13.3 Å². The van der Waals surface area contributed by atoms with Crippen LogP contribution in [0.3, 0.4) is 0 Å². The molecule has 0 bridgehead atoms. The molecule has 2 N–H and O–H groups in total. The van der Waals surface area contributed by atoms with Crippen LogP contribution in [-0.2, 0) is 4.79 Å². The molecule has 12 heavy (non-hydrogen) atoms. The molecular weight excluding hydrogens is 158 g/mol. The van der Waals surface area contributed by atoms with E-state index in [-0.39, 0.29) is 6.04 Å². The van der Waals surface area contributed by atoms with Gasteiger partial charge in [0.15, 0.2) is 0 Å². The number of piperidine rings is 1. The summed E-state index contributed by atoms with van der Waals surface area (Å²) in [5, 5.41) is 19.2. The van der Waals surface area contributed by atoms with Crippen LogP contribution in [0.5, 0.6) is 0 Å². The number of hydroxylamine groups is 2. The van der Waals surface area contributed by atoms with E-state index in [1.54, 1.807) is 6.92 Å². The molecule has 0 saturated carbocycles. The molecule has 1 fully saturated rings. The molecule has 4 heteroatoms. The average molecular weight is 173 g/mol. The number of nitrogens with zero attached hydrogens (tertiary/aromatic N) is 1. The van der Waals surface area contributed by atoms with Crippen LogP contribution in [0.15, 0.2) is 0 Å². The van der Waals surface area contributed by atoms with Gasteiger partial charge < -0.3 is 10.3 Å². The summed E-state index contributed by atoms with van der Waals surface area (Å²) < 4.78 is 0. The van der Waals surface area contributed by atoms with Crippen molar-refractivity contribution in [3.63, 3.8) is 0 Å². The lowest BCUT2D eigenvalue weighted by molar-refractivity contribution is -0.171. The summed E-state index contributed by atoms with van der Waals surface area (Å²) in [6, 6.07) is -0.198. The molecule has 1 aliphatic heterocycles. The molecule has 70 valence electrons. The first kappa shape index (κ1) is 9.48. The number of carboxylic acids is 1. The summed E-state index contributed by atoms with van der Waals surface area (Å²) in [5.74, 6) is -1.31. The lowest BCUT2D eigenvalue weighted by Gasteiger charge is -2.32. The average Bonchev–Trinajstić information content (AvgIpc) is 2.04. The summed E-state index contributed by atoms with van der Waals surface area (Å²) in [4.78, 5) is 10.6. The van der Waals surface area contributed by atoms with E-state index >= 15 is 0 Å². The molecule has 0 aromatic rings. The minimum atomic E-state index is -0.832. The first-order valence-electron chi connectivity index (χ1n) is 4.31. The van der Waals surface area contributed by atoms with Crippen molar-refractivity contribution in [1.82, 2.24) is 5.06 Å². The van der Waals surface area contributed by atoms with Gasteiger partial charge in [-0.05, 0) is 12.8 Å². The molecule has 0 aliphatic carbocycles. The van der Waals surface area contributed by atoms with Crippen LogP contribution < -0.4 is 0 Å². The van der Waals surface area contributed by atoms with Crippen molar-refractivity contribution >= 4 is 5.97 Å². The van der Waals surface area contributed by atoms with E-state index in [0.29, 0.717) is 6.54 Å². The minimum absolute atomic E-state index is 0.198. The van der Waals surface area contributed by atoms with Gasteiger partial charge in [-0.25, -0.2) is 0 Å². The Hall–Kier alpha value is -0.610. The molecule has 1 rings (SSSR count). The Bertz CT molecular complexity index is 172. The van der Waals surface area contributed by atoms with Crippen molar-refractivity contribution in [1.29, 1.82) is 0 Å². The van der Waals surface area contributed by atoms with Crippen LogP contribution in [0.2, 0.25) is 0 Å². The van der Waals surface area contributed by atoms with E-state index < -0.39 is 11.9 Å². The third-order valence-corrected chi connectivity index (χ3v) is 2.49. The van der Waals surface area contributed by atoms with Gasteiger partial charge in [0.25, 0.3) is 0 Å². The van der Waals surface area contributed by atoms with Gasteiger partial charge in [-0.15, -0.1) is 0 Å². The number of rotatable bonds is 2. The van der Waals surface area contributed by atoms with E-state index in [9.17, 15) is 10.0 Å². The first-order valence-corrected chi connectivity index (χ1v) is 4.31. The SMILES string of the molecule is CC(C(=O)O)C1CCCCN1O. The second-order valence-corrected chi connectivity index (χ2v) is 3.35. The normalized spacial score (nSPS) is 28.3. The molecule has 1 saturated heterocycles. The Morgan fingerprint density at radius 3 is 2.75 bits per heavy atom. The van der Waals surface area contributed by atoms with Crippen molar-refractivity contribution in [2.24, 2.45) is 5.92 Å². The van der Waals surface area contributed by atoms with Crippen molar-refractivity contribution in [2.75, 3.05) is 6.54 Å². The molecule has 2 atom stereocenters. The Balaban J connectivity index is 2.53. The summed E-state index contributed by atoms with van der Waals surface area (Å²) in [6.45, 7) is 2.24. The first-order chi connectivity index (χ1) is 5.63. The monoisotopic (exact) mass is 173 g/mol. The topological polar surface area (TPSA) is 60.8 Å². The van der Waals surface area contributed by atoms with E-state index in [2.05, 4.69) is 0 Å². The maximum Gasteiger partial charge on any atom is 0.307 e. The van der Waals surface area contributed by atoms with Gasteiger partial charge >= 0.3 is 5.97 Å². The maximum atomic E-state index is 10.6. The van der Waals surface area contributed by atoms with Crippen LogP contribution in [0.4, 0.5) is 0 Å². The molecule has 1 heterocycles. The van der Waals surface area contributed by atoms with Gasteiger partial charge in [0, 0.05) is 12.6 Å². The molecular formula is C8H15NO3. The Morgan fingerprint density at radius 2 is 2.25 bits per heavy atom. The number of hydrogen-bond acceptors (Lipinski definition) is 3. The van der Waals surface area contributed by atoms with Gasteiger partial charge in [0.2, 0.25) is 0 Å². The highest BCUT2D eigenvalue weighted by molar-refractivity contribution is 5.70. The highest BCUT2D eigenvalue weighted by Crippen LogP contribution is 2.21. The van der Waals surface area contributed by atoms with E-state index in [0.717, 1.165) is 19.3 Å². The lowest BCUT2D eigenvalue weighted by atomic mass is 9.93. The minimum Gasteiger partial charge on any atom is -0.481 e. The van der Waals surface area contributed by atoms with Gasteiger partial charge in [0.05, 0.1) is 5.92 Å². The van der Waals surface area contributed by atoms with Crippen LogP contribution in [-0.4, -0.2) is 33.9 Å². The zero-order chi connectivity index (χ0) is 9.14. The predicted molar refractivity (Wildman–Crippen MR) is 42.9 cm³/mol. The highest BCUT2D eigenvalue weighted by Gasteiger charge is 2.30. The van der Waals surface area contributed by atoms with Crippen LogP contribution in [0.25, 0.3) is 0 Å². The predicted octanol–water partition coefficient (Wildman–Crippen LogP) is 0.951. The fourth-order valence-corrected chi connectivity index (χ4v) is 1.61. The standard InChI is InChI=1S/C8H15NO3/c1-6(8(10)11)7-4-2-3-5-9(7)12/h6-7,12H,2-5H2,1H3,(H,10,11). The maximum absolute atomic E-state index is 10.6. The molecule has 0 spiro atoms. The number of carboxylic acid groups (broad SMARTS) is 1. The summed E-state index contributed by atoms with van der Waals surface area (Å²) in [7, 11) is 0. The zero-order valence-electron chi connectivity index (χ0n) is 7.23. The third-order valence-electron chi connectivity index (χ3n) is 2.49. The van der Waals surface area contributed by atoms with Gasteiger partial charge in [0.1, 0.15) is 0 Å². The molecule has 0 aromatic heterocycles. The van der Waals surface area contributed by atoms with Crippen molar-refractivity contribution in [3.05, 3.63) is 0 Å². The third kappa shape index (κ3) is 1.95. The molecule has 4 nitrogen and oxygen atoms in total. The fraction of sp³-hybridized carbons (Fsp3) is 0.875. The lowest BCUT2D eigenvalue weighted by Crippen LogP contribution is -2.43. The Labute approximate surface area is 71.8 Å². The number of hydrogen-bond donors (Lipinski definition) is 2. The molecule has 0 amide bonds. The van der Waals surface area contributed by atoms with Crippen LogP contribution in [0, 0.1) is 5.92 Å². The van der Waals surface area contributed by atoms with Crippen molar-refractivity contribution < 1.29 is 15.1 Å². The van der Waals surface area contributed by atoms with Crippen molar-refractivity contribution in [3.8, 4) is 0 Å². The van der Waals surface area contributed by atoms with E-state index in [1.807, 2.05) is 0 Å². The summed E-state index contributed by atoms with van der Waals surface area (Å²) in [5.41, 5.74) is 0. The van der Waals surface area contributed by atoms with Crippen LogP contribution >= 0.6 is 0 Å². The Morgan fingerprint density at radius 1 is 1.58 bits per heavy atom. The smallest absolute Gasteiger partial charge is 0.307 e. The largest absolute Gasteiger partial charge is 0.481 e. The quantitative estimate of drug-likeness (QED) is 0.652. The second-order valence-electron chi connectivity index (χ2n) is 3.35. The zero-order valence-corrected chi connectivity index (χ0v) is 7.23. The van der Waals surface area contributed by atoms with Crippen LogP contribution in [0.1, 0.15) is 26.2 Å². The molecule has 0 aromatic carbocycles. The fourth-order valence-electron chi connectivity index (χ4n) is 1.61. The molecule has 0 radical (unpaired) electrons. The van der Waals surface area contributed by atoms with Gasteiger partial charge in [-0.3, -0.25) is 4.79 Å². The summed E-state index contributed by atoms with van der Waals surface area (Å²) in [6.07, 6.45) is 2.75. The molecule has 2 unspecified atom stereocenters. The second kappa shape index (κ2) is 3.87. The van der Waals surface area contributed by atoms with Crippen molar-refractivity contribution in [2.45, 2.75) is 32.2 Å². The van der Waals surface area contributed by atoms with E-state index in [1.165, 1.54) is 5.06 Å². The Kier molecular flexibility index (Phi) is 3.05. The summed E-state index contributed by atoms with van der Waals surface area (Å²) >= 11 is 0. The number of carbonyl (C=O) groups is 1. The number of aliphatic carboxylic acids is 1. The highest BCUT2D eigenvalue weighted by atomic mass is 16.5. The molecule has 1 aliphatic rings.